The largest absolute Gasteiger partial charge is 0.309 e. The number of nitrogens with one attached hydrogen (secondary N) is 1. The van der Waals surface area contributed by atoms with Crippen molar-refractivity contribution in [3.05, 3.63) is 48.6 Å². The maximum absolute atomic E-state index is 6.11. The predicted octanol–water partition coefficient (Wildman–Crippen LogP) is 13.9. The number of unbranched alkanes of at least 4 members (excludes halogenated alkanes) is 18. The minimum Gasteiger partial charge on any atom is -0.309 e. The third-order valence-corrected chi connectivity index (χ3v) is 11.8. The molecule has 0 aromatic carbocycles. The first-order valence-electron chi connectivity index (χ1n) is 20.7. The molecule has 0 bridgehead atoms. The van der Waals surface area contributed by atoms with Gasteiger partial charge in [-0.1, -0.05) is 152 Å². The first-order chi connectivity index (χ1) is 23.6. The van der Waals surface area contributed by atoms with Crippen LogP contribution in [-0.2, 0) is 8.37 Å². The Morgan fingerprint density at radius 1 is 0.521 bits per heavy atom. The highest BCUT2D eigenvalue weighted by atomic mass is 32.3. The van der Waals surface area contributed by atoms with Crippen LogP contribution in [-0.4, -0.2) is 44.1 Å². The Morgan fingerprint density at radius 2 is 0.917 bits per heavy atom. The van der Waals surface area contributed by atoms with Crippen molar-refractivity contribution in [3.8, 4) is 0 Å². The number of hydrogen-bond acceptors (Lipinski definition) is 4. The Hall–Kier alpha value is -0.850. The summed E-state index contributed by atoms with van der Waals surface area (Å²) in [6.45, 7) is 6.10. The van der Waals surface area contributed by atoms with Gasteiger partial charge in [0.1, 0.15) is 0 Å². The molecule has 4 nitrogen and oxygen atoms in total. The molecule has 48 heavy (non-hydrogen) atoms. The average molecular weight is 691 g/mol. The van der Waals surface area contributed by atoms with Gasteiger partial charge in [0.25, 0.3) is 0 Å². The van der Waals surface area contributed by atoms with E-state index in [1.165, 1.54) is 154 Å². The van der Waals surface area contributed by atoms with Crippen molar-refractivity contribution >= 4 is 10.8 Å². The van der Waals surface area contributed by atoms with Gasteiger partial charge in [0.15, 0.2) is 6.79 Å². The molecule has 0 aromatic heterocycles. The lowest BCUT2D eigenvalue weighted by Crippen LogP contribution is -2.42. The van der Waals surface area contributed by atoms with Gasteiger partial charge in [-0.15, -0.1) is 10.8 Å². The monoisotopic (exact) mass is 691 g/mol. The summed E-state index contributed by atoms with van der Waals surface area (Å²) in [7, 11) is 2.77. The quantitative estimate of drug-likeness (QED) is 0.0524. The van der Waals surface area contributed by atoms with E-state index in [2.05, 4.69) is 86.2 Å². The first-order valence-corrected chi connectivity index (χ1v) is 22.4. The highest BCUT2D eigenvalue weighted by molar-refractivity contribution is 8.24. The minimum atomic E-state index is -1.53. The summed E-state index contributed by atoms with van der Waals surface area (Å²) in [5, 5.41) is 0. The first kappa shape index (κ1) is 45.2. The van der Waals surface area contributed by atoms with Gasteiger partial charge in [-0.25, -0.2) is 13.1 Å². The van der Waals surface area contributed by atoms with Crippen LogP contribution in [0.1, 0.15) is 187 Å². The lowest BCUT2D eigenvalue weighted by molar-refractivity contribution is 0.0392. The molecule has 0 radical (unpaired) electrons. The molecule has 1 rings (SSSR count). The Morgan fingerprint density at radius 3 is 1.29 bits per heavy atom. The fourth-order valence-corrected chi connectivity index (χ4v) is 8.32. The van der Waals surface area contributed by atoms with E-state index >= 15 is 0 Å². The maximum Gasteiger partial charge on any atom is 0.196 e. The summed E-state index contributed by atoms with van der Waals surface area (Å²) < 4.78 is 16.2. The van der Waals surface area contributed by atoms with Crippen molar-refractivity contribution in [1.82, 2.24) is 9.62 Å². The molecule has 1 aliphatic heterocycles. The lowest BCUT2D eigenvalue weighted by atomic mass is 10.0. The van der Waals surface area contributed by atoms with Gasteiger partial charge < -0.3 is 4.90 Å². The van der Waals surface area contributed by atoms with E-state index in [1.807, 2.05) is 0 Å². The molecule has 0 spiro atoms. The van der Waals surface area contributed by atoms with Gasteiger partial charge in [-0.2, -0.15) is 0 Å². The number of hydrogen-bond donors (Lipinski definition) is 1. The van der Waals surface area contributed by atoms with Crippen LogP contribution in [0.4, 0.5) is 0 Å². The summed E-state index contributed by atoms with van der Waals surface area (Å²) in [5.74, 6) is 1.01. The molecule has 1 aliphatic rings. The third-order valence-electron chi connectivity index (χ3n) is 9.35. The van der Waals surface area contributed by atoms with Crippen molar-refractivity contribution in [2.24, 2.45) is 0 Å². The summed E-state index contributed by atoms with van der Waals surface area (Å²) in [4.78, 5) is 2.26. The summed E-state index contributed by atoms with van der Waals surface area (Å²) in [6.07, 6.45) is 53.9. The normalized spacial score (nSPS) is 16.3. The second-order valence-corrected chi connectivity index (χ2v) is 16.7. The fraction of sp³-hybridized carbons (Fsp3) is 0.814. The highest BCUT2D eigenvalue weighted by Gasteiger charge is 2.32. The van der Waals surface area contributed by atoms with E-state index in [9.17, 15) is 0 Å². The molecule has 1 heterocycles. The van der Waals surface area contributed by atoms with Gasteiger partial charge >= 0.3 is 0 Å². The number of allylic oxidation sites excluding steroid dienone is 8. The zero-order chi connectivity index (χ0) is 34.6. The Kier molecular flexibility index (Phi) is 32.6. The zero-order valence-electron chi connectivity index (χ0n) is 32.6. The molecular weight excluding hydrogens is 609 g/mol. The van der Waals surface area contributed by atoms with Crippen LogP contribution >= 0.6 is 10.8 Å². The molecule has 0 aromatic rings. The van der Waals surface area contributed by atoms with E-state index in [-0.39, 0.29) is 0 Å². The van der Waals surface area contributed by atoms with Crippen molar-refractivity contribution in [2.75, 3.05) is 33.2 Å². The van der Waals surface area contributed by atoms with E-state index < -0.39 is 10.8 Å². The molecule has 0 amide bonds. The average Bonchev–Trinajstić information content (AvgIpc) is 3.06. The summed E-state index contributed by atoms with van der Waals surface area (Å²) in [5.41, 5.74) is 0. The summed E-state index contributed by atoms with van der Waals surface area (Å²) >= 11 is 0. The zero-order valence-corrected chi connectivity index (χ0v) is 33.4. The molecular formula is C43H82N2O2S. The second-order valence-electron chi connectivity index (χ2n) is 14.4. The maximum atomic E-state index is 6.11. The minimum absolute atomic E-state index is 0.465. The van der Waals surface area contributed by atoms with Gasteiger partial charge in [0.2, 0.25) is 0 Å². The van der Waals surface area contributed by atoms with Crippen molar-refractivity contribution in [2.45, 2.75) is 193 Å². The number of rotatable bonds is 36. The molecule has 0 aliphatic carbocycles. The van der Waals surface area contributed by atoms with Crippen LogP contribution < -0.4 is 4.72 Å². The predicted molar refractivity (Wildman–Crippen MR) is 218 cm³/mol. The molecule has 1 saturated heterocycles. The molecule has 0 saturated carbocycles. The van der Waals surface area contributed by atoms with Gasteiger partial charge in [0.05, 0.1) is 5.75 Å². The third kappa shape index (κ3) is 28.9. The fourth-order valence-electron chi connectivity index (χ4n) is 6.25. The van der Waals surface area contributed by atoms with Crippen molar-refractivity contribution < 1.29 is 8.37 Å². The molecule has 282 valence electrons. The van der Waals surface area contributed by atoms with Gasteiger partial charge in [0, 0.05) is 6.04 Å². The van der Waals surface area contributed by atoms with Crippen LogP contribution in [0.3, 0.4) is 0 Å². The molecule has 1 fully saturated rings. The standard InChI is InChI=1S/C43H82N2O2S/c1-5-7-9-11-13-15-17-19-21-23-25-27-29-31-33-35-38-43(44-48(46-42-47-48)41-37-40-45(3)4)39-36-34-32-30-28-26-24-22-20-18-16-14-12-10-8-6-2/h13-16,19-22,43-44H,5-12,17-18,23-42H2,1-4H3. The molecule has 0 atom stereocenters. The Bertz CT molecular complexity index is 742. The van der Waals surface area contributed by atoms with E-state index in [0.717, 1.165) is 31.6 Å². The van der Waals surface area contributed by atoms with E-state index in [0.29, 0.717) is 12.8 Å². The summed E-state index contributed by atoms with van der Waals surface area (Å²) in [6, 6.07) is 0.524. The van der Waals surface area contributed by atoms with Gasteiger partial charge in [-0.3, -0.25) is 0 Å². The smallest absolute Gasteiger partial charge is 0.196 e. The number of nitrogens with zero attached hydrogens (tertiary/aromatic N) is 1. The van der Waals surface area contributed by atoms with Gasteiger partial charge in [-0.05, 0) is 104 Å². The van der Waals surface area contributed by atoms with Crippen LogP contribution in [0.25, 0.3) is 0 Å². The molecule has 1 N–H and O–H groups in total. The lowest BCUT2D eigenvalue weighted by Gasteiger charge is -2.52. The SMILES string of the molecule is CCCCCC=CCC=CCCCCCCCCC(CCCCCCCCC=CCC=CCCCCC)NS1(CCCN(C)C)OCO1. The molecule has 0 unspecified atom stereocenters. The van der Waals surface area contributed by atoms with E-state index in [1.54, 1.807) is 0 Å². The topological polar surface area (TPSA) is 33.7 Å². The Balaban J connectivity index is 2.22. The van der Waals surface area contributed by atoms with Crippen LogP contribution in [0, 0.1) is 0 Å². The highest BCUT2D eigenvalue weighted by Crippen LogP contribution is 2.55. The van der Waals surface area contributed by atoms with Crippen molar-refractivity contribution in [1.29, 1.82) is 0 Å². The molecule has 5 heteroatoms. The van der Waals surface area contributed by atoms with E-state index in [4.69, 9.17) is 8.37 Å². The Labute approximate surface area is 302 Å². The van der Waals surface area contributed by atoms with Crippen molar-refractivity contribution in [3.63, 3.8) is 0 Å². The van der Waals surface area contributed by atoms with Crippen LogP contribution in [0.5, 0.6) is 0 Å². The van der Waals surface area contributed by atoms with Crippen LogP contribution in [0.15, 0.2) is 48.6 Å². The second kappa shape index (κ2) is 34.6. The van der Waals surface area contributed by atoms with Crippen LogP contribution in [0.2, 0.25) is 0 Å².